The van der Waals surface area contributed by atoms with Crippen molar-refractivity contribution in [3.05, 3.63) is 117 Å². The first-order chi connectivity index (χ1) is 30.9. The number of carbonyl (C=O) groups is 1. The number of aromatic nitrogens is 2. The lowest BCUT2D eigenvalue weighted by molar-refractivity contribution is -0.384. The Morgan fingerprint density at radius 2 is 1.83 bits per heavy atom. The van der Waals surface area contributed by atoms with Gasteiger partial charge in [-0.15, -0.1) is 0 Å². The second-order valence-electron chi connectivity index (χ2n) is 17.5. The zero-order valence-corrected chi connectivity index (χ0v) is 37.4. The number of piperazine rings is 1. The van der Waals surface area contributed by atoms with Gasteiger partial charge in [0.25, 0.3) is 21.6 Å². The van der Waals surface area contributed by atoms with Gasteiger partial charge >= 0.3 is 6.18 Å². The van der Waals surface area contributed by atoms with Crippen molar-refractivity contribution >= 4 is 61.2 Å². The van der Waals surface area contributed by atoms with Gasteiger partial charge in [-0.05, 0) is 103 Å². The first-order valence-electron chi connectivity index (χ1n) is 21.4. The number of H-pyrrole nitrogens is 1. The highest BCUT2D eigenvalue weighted by molar-refractivity contribution is 7.90. The Labute approximate surface area is 379 Å². The van der Waals surface area contributed by atoms with Crippen molar-refractivity contribution in [3.63, 3.8) is 0 Å². The smallest absolute Gasteiger partial charge is 0.417 e. The molecule has 3 aromatic carbocycles. The summed E-state index contributed by atoms with van der Waals surface area (Å²) >= 11 is 6.00. The van der Waals surface area contributed by atoms with Crippen LogP contribution in [0.1, 0.15) is 67.4 Å². The number of nitro benzene ring substituents is 1. The molecule has 19 heteroatoms. The molecule has 0 unspecified atom stereocenters. The first kappa shape index (κ1) is 45.9. The molecule has 344 valence electrons. The van der Waals surface area contributed by atoms with Crippen LogP contribution in [0.4, 0.5) is 30.2 Å². The number of alkyl halides is 3. The van der Waals surface area contributed by atoms with E-state index in [1.807, 2.05) is 11.0 Å². The fourth-order valence-electron chi connectivity index (χ4n) is 8.73. The van der Waals surface area contributed by atoms with E-state index in [4.69, 9.17) is 21.1 Å². The molecule has 0 saturated carbocycles. The summed E-state index contributed by atoms with van der Waals surface area (Å²) in [5.74, 6) is -0.414. The lowest BCUT2D eigenvalue weighted by Crippen LogP contribution is -2.47. The van der Waals surface area contributed by atoms with Crippen LogP contribution in [0.25, 0.3) is 16.6 Å². The van der Waals surface area contributed by atoms with E-state index in [1.54, 1.807) is 30.5 Å². The lowest BCUT2D eigenvalue weighted by Gasteiger charge is -2.39. The van der Waals surface area contributed by atoms with E-state index in [-0.39, 0.29) is 39.1 Å². The number of sulfonamides is 1. The molecule has 65 heavy (non-hydrogen) atoms. The van der Waals surface area contributed by atoms with Gasteiger partial charge < -0.3 is 24.7 Å². The van der Waals surface area contributed by atoms with E-state index >= 15 is 0 Å². The molecule has 3 N–H and O–H groups in total. The summed E-state index contributed by atoms with van der Waals surface area (Å²) < 4.78 is 83.3. The lowest BCUT2D eigenvalue weighted by atomic mass is 9.72. The SMILES string of the molecule is CC1(C)CCC(CN2CCN(c3cccc(C(=O)NS(=O)(=O)c4ccc(NCC5CCOCC5)c([N+](=O)[O-])c4)c3Oc3cnc4[nH]ccc4c3)CC2)=C(c2ccc(Cl)c(C(F)(F)F)c2)C1. The van der Waals surface area contributed by atoms with Gasteiger partial charge in [-0.2, -0.15) is 13.2 Å². The average Bonchev–Trinajstić information content (AvgIpc) is 3.75. The number of pyridine rings is 1. The molecule has 2 aromatic heterocycles. The minimum absolute atomic E-state index is 0.0756. The minimum atomic E-state index is -4.64. The summed E-state index contributed by atoms with van der Waals surface area (Å²) in [7, 11) is -4.64. The van der Waals surface area contributed by atoms with Crippen molar-refractivity contribution in [1.82, 2.24) is 19.6 Å². The van der Waals surface area contributed by atoms with Crippen molar-refractivity contribution in [2.75, 3.05) is 62.7 Å². The highest BCUT2D eigenvalue weighted by Crippen LogP contribution is 2.45. The highest BCUT2D eigenvalue weighted by Gasteiger charge is 2.36. The predicted molar refractivity (Wildman–Crippen MR) is 242 cm³/mol. The highest BCUT2D eigenvalue weighted by atomic mass is 35.5. The number of rotatable bonds is 13. The fourth-order valence-corrected chi connectivity index (χ4v) is 9.94. The molecule has 3 aliphatic rings. The van der Waals surface area contributed by atoms with Crippen molar-refractivity contribution < 1.29 is 40.8 Å². The molecule has 2 saturated heterocycles. The normalized spacial score (nSPS) is 17.6. The van der Waals surface area contributed by atoms with Gasteiger partial charge in [-0.25, -0.2) is 18.1 Å². The second-order valence-corrected chi connectivity index (χ2v) is 19.6. The number of nitrogens with zero attached hydrogens (tertiary/aromatic N) is 4. The number of nitrogens with one attached hydrogen (secondary N) is 3. The number of halogens is 4. The van der Waals surface area contributed by atoms with Gasteiger partial charge in [-0.1, -0.05) is 43.2 Å². The number of fused-ring (bicyclic) bond motifs is 1. The predicted octanol–water partition coefficient (Wildman–Crippen LogP) is 9.68. The third kappa shape index (κ3) is 10.6. The van der Waals surface area contributed by atoms with Gasteiger partial charge in [0.2, 0.25) is 0 Å². The minimum Gasteiger partial charge on any atom is -0.453 e. The third-order valence-electron chi connectivity index (χ3n) is 12.4. The average molecular weight is 936 g/mol. The number of para-hydroxylation sites is 1. The Morgan fingerprint density at radius 1 is 1.06 bits per heavy atom. The number of carbonyl (C=O) groups excluding carboxylic acids is 1. The summed E-state index contributed by atoms with van der Waals surface area (Å²) in [4.78, 5) is 36.8. The number of allylic oxidation sites excluding steroid dienone is 1. The maximum Gasteiger partial charge on any atom is 0.417 e. The number of benzene rings is 3. The molecule has 0 spiro atoms. The Morgan fingerprint density at radius 3 is 2.57 bits per heavy atom. The summed E-state index contributed by atoms with van der Waals surface area (Å²) in [6.07, 6.45) is 2.44. The molecule has 0 atom stereocenters. The standard InChI is InChI=1S/C46H49ClF3N7O7S/c1-45(2)14-10-32(36(25-45)30-6-8-38(47)37(23-30)46(48,49)50)28-55-16-18-56(19-17-55)40-5-3-4-35(42(40)64-33-22-31-11-15-51-43(31)53-27-33)44(58)54-65(61,62)34-7-9-39(41(24-34)57(59)60)52-26-29-12-20-63-21-13-29/h3-9,11,15,22-24,27,29,52H,10,12-14,16-21,25-26,28H2,1-2H3,(H,51,53)(H,54,58). The van der Waals surface area contributed by atoms with E-state index < -0.39 is 43.2 Å². The van der Waals surface area contributed by atoms with Crippen molar-refractivity contribution in [2.45, 2.75) is 57.0 Å². The van der Waals surface area contributed by atoms with Gasteiger partial charge in [0, 0.05) is 70.1 Å². The molecule has 8 rings (SSSR count). The van der Waals surface area contributed by atoms with Crippen LogP contribution >= 0.6 is 11.6 Å². The number of ether oxygens (including phenoxy) is 2. The van der Waals surface area contributed by atoms with Crippen LogP contribution in [-0.4, -0.2) is 86.6 Å². The molecule has 5 aromatic rings. The Kier molecular flexibility index (Phi) is 13.2. The van der Waals surface area contributed by atoms with E-state index in [2.05, 4.69) is 38.8 Å². The molecule has 14 nitrogen and oxygen atoms in total. The fraction of sp³-hybridized carbons (Fsp3) is 0.391. The number of amides is 1. The number of hydrogen-bond donors (Lipinski definition) is 3. The van der Waals surface area contributed by atoms with Crippen molar-refractivity contribution in [2.24, 2.45) is 11.3 Å². The maximum atomic E-state index is 14.1. The summed E-state index contributed by atoms with van der Waals surface area (Å²) in [5.41, 5.74) is 2.26. The topological polar surface area (TPSA) is 172 Å². The van der Waals surface area contributed by atoms with Crippen LogP contribution in [0.15, 0.2) is 89.6 Å². The number of nitro groups is 1. The molecule has 4 heterocycles. The summed E-state index contributed by atoms with van der Waals surface area (Å²) in [6.45, 7) is 8.52. The van der Waals surface area contributed by atoms with Crippen LogP contribution in [0, 0.1) is 21.4 Å². The van der Waals surface area contributed by atoms with E-state index in [1.165, 1.54) is 30.5 Å². The van der Waals surface area contributed by atoms with Crippen molar-refractivity contribution in [1.29, 1.82) is 0 Å². The van der Waals surface area contributed by atoms with Crippen LogP contribution < -0.4 is 19.7 Å². The monoisotopic (exact) mass is 935 g/mol. The molecule has 1 aliphatic carbocycles. The molecule has 1 amide bonds. The van der Waals surface area contributed by atoms with Crippen LogP contribution in [0.5, 0.6) is 11.5 Å². The number of aromatic amines is 1. The zero-order chi connectivity index (χ0) is 46.1. The number of anilines is 2. The first-order valence-corrected chi connectivity index (χ1v) is 23.3. The Hall–Kier alpha value is -5.69. The number of hydrogen-bond acceptors (Lipinski definition) is 11. The van der Waals surface area contributed by atoms with Gasteiger partial charge in [-0.3, -0.25) is 19.8 Å². The van der Waals surface area contributed by atoms with Gasteiger partial charge in [0.1, 0.15) is 17.1 Å². The van der Waals surface area contributed by atoms with E-state index in [9.17, 15) is 36.5 Å². The van der Waals surface area contributed by atoms with Crippen LogP contribution in [0.3, 0.4) is 0 Å². The Bertz CT molecular complexity index is 2750. The summed E-state index contributed by atoms with van der Waals surface area (Å²) in [5, 5.41) is 15.6. The van der Waals surface area contributed by atoms with Gasteiger partial charge in [0.05, 0.1) is 37.9 Å². The molecular formula is C46H49ClF3N7O7S. The van der Waals surface area contributed by atoms with Crippen LogP contribution in [0.2, 0.25) is 5.02 Å². The van der Waals surface area contributed by atoms with E-state index in [0.717, 1.165) is 54.3 Å². The third-order valence-corrected chi connectivity index (χ3v) is 14.1. The van der Waals surface area contributed by atoms with Crippen molar-refractivity contribution in [3.8, 4) is 11.5 Å². The van der Waals surface area contributed by atoms with E-state index in [0.29, 0.717) is 75.8 Å². The molecule has 2 aliphatic heterocycles. The van der Waals surface area contributed by atoms with Gasteiger partial charge in [0.15, 0.2) is 5.75 Å². The van der Waals surface area contributed by atoms with Crippen LogP contribution in [-0.2, 0) is 20.9 Å². The molecule has 0 radical (unpaired) electrons. The molecule has 0 bridgehead atoms. The molecular weight excluding hydrogens is 887 g/mol. The quantitative estimate of drug-likeness (QED) is 0.0758. The summed E-state index contributed by atoms with van der Waals surface area (Å²) in [6, 6.07) is 16.0. The second kappa shape index (κ2) is 18.7. The zero-order valence-electron chi connectivity index (χ0n) is 35.8. The maximum absolute atomic E-state index is 14.1. The molecule has 2 fully saturated rings. The Balaban J connectivity index is 1.04. The largest absolute Gasteiger partial charge is 0.453 e.